The van der Waals surface area contributed by atoms with E-state index in [1.807, 2.05) is 18.2 Å². The van der Waals surface area contributed by atoms with Gasteiger partial charge in [-0.3, -0.25) is 4.98 Å². The van der Waals surface area contributed by atoms with E-state index < -0.39 is 0 Å². The van der Waals surface area contributed by atoms with Crippen molar-refractivity contribution in [3.8, 4) is 0 Å². The summed E-state index contributed by atoms with van der Waals surface area (Å²) in [6, 6.07) is 9.05. The van der Waals surface area contributed by atoms with Gasteiger partial charge in [-0.05, 0) is 51.2 Å². The molecule has 2 atom stereocenters. The zero-order valence-corrected chi connectivity index (χ0v) is 12.9. The van der Waals surface area contributed by atoms with E-state index in [0.717, 1.165) is 5.56 Å². The van der Waals surface area contributed by atoms with Gasteiger partial charge in [-0.1, -0.05) is 35.0 Å². The number of hydrogen-bond donors (Lipinski definition) is 0. The Morgan fingerprint density at radius 1 is 1.17 bits per heavy atom. The van der Waals surface area contributed by atoms with Crippen LogP contribution in [-0.4, -0.2) is 4.98 Å². The average Bonchev–Trinajstić information content (AvgIpc) is 2.41. The molecule has 18 heavy (non-hydrogen) atoms. The third-order valence-electron chi connectivity index (χ3n) is 2.95. The summed E-state index contributed by atoms with van der Waals surface area (Å²) in [6.45, 7) is 2.10. The summed E-state index contributed by atoms with van der Waals surface area (Å²) < 4.78 is 14.0. The van der Waals surface area contributed by atoms with Crippen LogP contribution >= 0.6 is 31.9 Å². The topological polar surface area (TPSA) is 12.9 Å². The SMILES string of the molecule is CC(c1ccncc1)C(Br)c1cccc(F)c1Br. The van der Waals surface area contributed by atoms with Crippen LogP contribution in [0.25, 0.3) is 0 Å². The lowest BCUT2D eigenvalue weighted by atomic mass is 9.94. The van der Waals surface area contributed by atoms with Crippen molar-refractivity contribution in [2.24, 2.45) is 0 Å². The number of nitrogens with zero attached hydrogens (tertiary/aromatic N) is 1. The van der Waals surface area contributed by atoms with E-state index in [1.54, 1.807) is 18.5 Å². The highest BCUT2D eigenvalue weighted by molar-refractivity contribution is 9.11. The smallest absolute Gasteiger partial charge is 0.137 e. The Labute approximate surface area is 123 Å². The van der Waals surface area contributed by atoms with Gasteiger partial charge in [0.1, 0.15) is 5.82 Å². The lowest BCUT2D eigenvalue weighted by Gasteiger charge is -2.20. The maximum atomic E-state index is 13.5. The van der Waals surface area contributed by atoms with Gasteiger partial charge in [-0.2, -0.15) is 0 Å². The molecule has 2 unspecified atom stereocenters. The molecule has 2 rings (SSSR count). The van der Waals surface area contributed by atoms with Gasteiger partial charge >= 0.3 is 0 Å². The van der Waals surface area contributed by atoms with Crippen molar-refractivity contribution in [3.05, 3.63) is 64.1 Å². The van der Waals surface area contributed by atoms with Crippen LogP contribution in [0.15, 0.2) is 47.2 Å². The first-order chi connectivity index (χ1) is 8.61. The molecule has 0 spiro atoms. The molecule has 4 heteroatoms. The lowest BCUT2D eigenvalue weighted by Crippen LogP contribution is -2.03. The molecule has 0 saturated heterocycles. The number of halogens is 3. The maximum Gasteiger partial charge on any atom is 0.137 e. The monoisotopic (exact) mass is 371 g/mol. The second kappa shape index (κ2) is 5.93. The van der Waals surface area contributed by atoms with Crippen LogP contribution in [0.1, 0.15) is 28.8 Å². The van der Waals surface area contributed by atoms with E-state index in [9.17, 15) is 4.39 Å². The highest BCUT2D eigenvalue weighted by Gasteiger charge is 2.21. The summed E-state index contributed by atoms with van der Waals surface area (Å²) >= 11 is 6.96. The minimum Gasteiger partial charge on any atom is -0.265 e. The minimum absolute atomic E-state index is 0.0463. The fraction of sp³-hybridized carbons (Fsp3) is 0.214. The molecule has 1 aromatic carbocycles. The predicted octanol–water partition coefficient (Wildman–Crippen LogP) is 5.22. The van der Waals surface area contributed by atoms with Gasteiger partial charge in [0.05, 0.1) is 4.47 Å². The molecule has 94 valence electrons. The Hall–Kier alpha value is -0.740. The Bertz CT molecular complexity index is 531. The number of pyridine rings is 1. The first kappa shape index (κ1) is 13.7. The summed E-state index contributed by atoms with van der Waals surface area (Å²) in [5.41, 5.74) is 2.09. The van der Waals surface area contributed by atoms with Crippen molar-refractivity contribution in [2.75, 3.05) is 0 Å². The van der Waals surface area contributed by atoms with E-state index in [1.165, 1.54) is 11.6 Å². The van der Waals surface area contributed by atoms with E-state index in [4.69, 9.17) is 0 Å². The molecule has 1 aromatic heterocycles. The molecule has 0 aliphatic heterocycles. The predicted molar refractivity (Wildman–Crippen MR) is 78.4 cm³/mol. The summed E-state index contributed by atoms with van der Waals surface area (Å²) in [7, 11) is 0. The average molecular weight is 373 g/mol. The Morgan fingerprint density at radius 3 is 2.50 bits per heavy atom. The van der Waals surface area contributed by atoms with Gasteiger partial charge in [0.25, 0.3) is 0 Å². The molecule has 2 aromatic rings. The normalized spacial score (nSPS) is 14.2. The van der Waals surface area contributed by atoms with Crippen LogP contribution in [0.4, 0.5) is 4.39 Å². The van der Waals surface area contributed by atoms with Crippen molar-refractivity contribution >= 4 is 31.9 Å². The molecule has 0 aliphatic rings. The standard InChI is InChI=1S/C14H12Br2FN/c1-9(10-5-7-18-8-6-10)13(15)11-3-2-4-12(17)14(11)16/h2-9,13H,1H3. The first-order valence-corrected chi connectivity index (χ1v) is 7.30. The molecular weight excluding hydrogens is 361 g/mol. The van der Waals surface area contributed by atoms with Gasteiger partial charge in [0.15, 0.2) is 0 Å². The van der Waals surface area contributed by atoms with E-state index >= 15 is 0 Å². The van der Waals surface area contributed by atoms with Crippen LogP contribution in [0.2, 0.25) is 0 Å². The third-order valence-corrected chi connectivity index (χ3v) is 5.07. The molecule has 1 heterocycles. The molecule has 0 N–H and O–H groups in total. The molecule has 0 radical (unpaired) electrons. The molecule has 0 aliphatic carbocycles. The van der Waals surface area contributed by atoms with E-state index in [-0.39, 0.29) is 16.6 Å². The fourth-order valence-corrected chi connectivity index (χ4v) is 3.34. The minimum atomic E-state index is -0.237. The van der Waals surface area contributed by atoms with E-state index in [0.29, 0.717) is 4.47 Å². The van der Waals surface area contributed by atoms with Gasteiger partial charge in [-0.15, -0.1) is 0 Å². The van der Waals surface area contributed by atoms with Crippen LogP contribution < -0.4 is 0 Å². The van der Waals surface area contributed by atoms with Gasteiger partial charge in [0.2, 0.25) is 0 Å². The number of benzene rings is 1. The Morgan fingerprint density at radius 2 is 1.83 bits per heavy atom. The second-order valence-electron chi connectivity index (χ2n) is 4.11. The molecule has 0 amide bonds. The summed E-state index contributed by atoms with van der Waals surface area (Å²) in [6.07, 6.45) is 3.54. The highest BCUT2D eigenvalue weighted by Crippen LogP contribution is 2.41. The van der Waals surface area contributed by atoms with Crippen LogP contribution in [0.5, 0.6) is 0 Å². The van der Waals surface area contributed by atoms with Gasteiger partial charge in [0, 0.05) is 17.2 Å². The molecule has 0 saturated carbocycles. The van der Waals surface area contributed by atoms with Crippen molar-refractivity contribution in [1.29, 1.82) is 0 Å². The lowest BCUT2D eigenvalue weighted by molar-refractivity contribution is 0.615. The summed E-state index contributed by atoms with van der Waals surface area (Å²) in [5.74, 6) is -0.00928. The number of alkyl halides is 1. The second-order valence-corrected chi connectivity index (χ2v) is 5.89. The maximum absolute atomic E-state index is 13.5. The van der Waals surface area contributed by atoms with Crippen molar-refractivity contribution < 1.29 is 4.39 Å². The van der Waals surface area contributed by atoms with Gasteiger partial charge < -0.3 is 0 Å². The van der Waals surface area contributed by atoms with Crippen molar-refractivity contribution in [2.45, 2.75) is 17.7 Å². The number of hydrogen-bond acceptors (Lipinski definition) is 1. The van der Waals surface area contributed by atoms with Gasteiger partial charge in [-0.25, -0.2) is 4.39 Å². The largest absolute Gasteiger partial charge is 0.265 e. The molecule has 0 fully saturated rings. The van der Waals surface area contributed by atoms with Crippen LogP contribution in [0.3, 0.4) is 0 Å². The Kier molecular flexibility index (Phi) is 4.51. The van der Waals surface area contributed by atoms with Crippen LogP contribution in [-0.2, 0) is 0 Å². The van der Waals surface area contributed by atoms with Crippen molar-refractivity contribution in [3.63, 3.8) is 0 Å². The van der Waals surface area contributed by atoms with E-state index in [2.05, 4.69) is 43.8 Å². The third kappa shape index (κ3) is 2.81. The number of rotatable bonds is 3. The first-order valence-electron chi connectivity index (χ1n) is 5.59. The summed E-state index contributed by atoms with van der Waals surface area (Å²) in [5, 5.41) is 0. The quantitative estimate of drug-likeness (QED) is 0.673. The molecule has 0 bridgehead atoms. The molecule has 1 nitrogen and oxygen atoms in total. The van der Waals surface area contributed by atoms with Crippen molar-refractivity contribution in [1.82, 2.24) is 4.98 Å². The molecular formula is C14H12Br2FN. The highest BCUT2D eigenvalue weighted by atomic mass is 79.9. The fourth-order valence-electron chi connectivity index (χ4n) is 1.84. The summed E-state index contributed by atoms with van der Waals surface area (Å²) in [4.78, 5) is 4.05. The zero-order chi connectivity index (χ0) is 13.1. The number of aromatic nitrogens is 1. The zero-order valence-electron chi connectivity index (χ0n) is 9.78. The van der Waals surface area contributed by atoms with Crippen LogP contribution in [0, 0.1) is 5.82 Å². The Balaban J connectivity index is 2.31.